The normalized spacial score (nSPS) is 21.0. The lowest BCUT2D eigenvalue weighted by Gasteiger charge is -2.29. The van der Waals surface area contributed by atoms with E-state index in [-0.39, 0.29) is 5.91 Å². The highest BCUT2D eigenvalue weighted by Crippen LogP contribution is 2.19. The van der Waals surface area contributed by atoms with E-state index in [9.17, 15) is 4.79 Å². The molecular weight excluding hydrogens is 226 g/mol. The number of amides is 1. The number of nitrogens with zero attached hydrogens (tertiary/aromatic N) is 2. The Balaban J connectivity index is 2.26. The van der Waals surface area contributed by atoms with E-state index >= 15 is 0 Å². The quantitative estimate of drug-likeness (QED) is 0.813. The van der Waals surface area contributed by atoms with Gasteiger partial charge in [0.15, 0.2) is 0 Å². The highest BCUT2D eigenvalue weighted by molar-refractivity contribution is 5.93. The molecule has 1 unspecified atom stereocenters. The summed E-state index contributed by atoms with van der Waals surface area (Å²) in [5.74, 6) is 0.518. The second-order valence-electron chi connectivity index (χ2n) is 4.73. The molecule has 0 bridgehead atoms. The number of rotatable bonds is 1. The predicted molar refractivity (Wildman–Crippen MR) is 70.2 cm³/mol. The number of nitrogens with one attached hydrogen (secondary N) is 1. The third-order valence-corrected chi connectivity index (χ3v) is 3.09. The Morgan fingerprint density at radius 2 is 2.33 bits per heavy atom. The van der Waals surface area contributed by atoms with Crippen LogP contribution in [0.15, 0.2) is 24.3 Å². The Morgan fingerprint density at radius 1 is 1.50 bits per heavy atom. The SMILES string of the molecule is CC1CNCCC(=O)N(c2cccc(C#N)c2)C1. The second-order valence-corrected chi connectivity index (χ2v) is 4.73. The summed E-state index contributed by atoms with van der Waals surface area (Å²) >= 11 is 0. The number of benzene rings is 1. The Morgan fingerprint density at radius 3 is 3.11 bits per heavy atom. The van der Waals surface area contributed by atoms with Crippen LogP contribution in [0.5, 0.6) is 0 Å². The van der Waals surface area contributed by atoms with Crippen LogP contribution in [0.2, 0.25) is 0 Å². The van der Waals surface area contributed by atoms with Crippen LogP contribution < -0.4 is 10.2 Å². The smallest absolute Gasteiger partial charge is 0.228 e. The molecule has 2 rings (SSSR count). The summed E-state index contributed by atoms with van der Waals surface area (Å²) in [7, 11) is 0. The molecule has 1 fully saturated rings. The summed E-state index contributed by atoms with van der Waals surface area (Å²) in [6, 6.07) is 9.35. The molecule has 1 atom stereocenters. The maximum absolute atomic E-state index is 12.1. The summed E-state index contributed by atoms with van der Waals surface area (Å²) in [6.07, 6.45) is 0.503. The number of hydrogen-bond donors (Lipinski definition) is 1. The van der Waals surface area contributed by atoms with Gasteiger partial charge in [-0.05, 0) is 30.7 Å². The van der Waals surface area contributed by atoms with Gasteiger partial charge in [-0.3, -0.25) is 4.79 Å². The van der Waals surface area contributed by atoms with Gasteiger partial charge >= 0.3 is 0 Å². The minimum absolute atomic E-state index is 0.115. The van der Waals surface area contributed by atoms with E-state index < -0.39 is 0 Å². The predicted octanol–water partition coefficient (Wildman–Crippen LogP) is 1.52. The molecule has 1 aromatic carbocycles. The fraction of sp³-hybridized carbons (Fsp3) is 0.429. The van der Waals surface area contributed by atoms with E-state index in [2.05, 4.69) is 18.3 Å². The average Bonchev–Trinajstić information content (AvgIpc) is 2.39. The molecule has 1 heterocycles. The molecule has 1 saturated heterocycles. The van der Waals surface area contributed by atoms with Crippen molar-refractivity contribution in [3.63, 3.8) is 0 Å². The van der Waals surface area contributed by atoms with Crippen LogP contribution in [0.3, 0.4) is 0 Å². The second kappa shape index (κ2) is 5.65. The van der Waals surface area contributed by atoms with Gasteiger partial charge in [0.05, 0.1) is 11.6 Å². The first-order chi connectivity index (χ1) is 8.70. The molecule has 1 aliphatic rings. The van der Waals surface area contributed by atoms with Gasteiger partial charge in [0.1, 0.15) is 0 Å². The summed E-state index contributed by atoms with van der Waals surface area (Å²) in [4.78, 5) is 13.9. The maximum atomic E-state index is 12.1. The van der Waals surface area contributed by atoms with Crippen LogP contribution in [0.25, 0.3) is 0 Å². The monoisotopic (exact) mass is 243 g/mol. The van der Waals surface area contributed by atoms with Crippen LogP contribution in [0.4, 0.5) is 5.69 Å². The number of anilines is 1. The Labute approximate surface area is 107 Å². The van der Waals surface area contributed by atoms with Crippen molar-refractivity contribution < 1.29 is 4.79 Å². The first-order valence-electron chi connectivity index (χ1n) is 6.22. The Bertz CT molecular complexity index is 478. The fourth-order valence-corrected chi connectivity index (χ4v) is 2.15. The van der Waals surface area contributed by atoms with Gasteiger partial charge in [0.25, 0.3) is 0 Å². The van der Waals surface area contributed by atoms with E-state index in [0.717, 1.165) is 18.8 Å². The summed E-state index contributed by atoms with van der Waals surface area (Å²) < 4.78 is 0. The topological polar surface area (TPSA) is 56.1 Å². The van der Waals surface area contributed by atoms with Crippen LogP contribution >= 0.6 is 0 Å². The molecule has 94 valence electrons. The highest BCUT2D eigenvalue weighted by Gasteiger charge is 2.20. The van der Waals surface area contributed by atoms with Crippen molar-refractivity contribution in [1.29, 1.82) is 5.26 Å². The van der Waals surface area contributed by atoms with Gasteiger partial charge in [0.2, 0.25) is 5.91 Å². The third kappa shape index (κ3) is 2.88. The van der Waals surface area contributed by atoms with E-state index in [0.29, 0.717) is 24.4 Å². The minimum atomic E-state index is 0.115. The lowest BCUT2D eigenvalue weighted by Crippen LogP contribution is -2.42. The molecule has 0 spiro atoms. The van der Waals surface area contributed by atoms with Gasteiger partial charge < -0.3 is 10.2 Å². The van der Waals surface area contributed by atoms with Gasteiger partial charge in [0, 0.05) is 25.2 Å². The van der Waals surface area contributed by atoms with E-state index in [4.69, 9.17) is 5.26 Å². The van der Waals surface area contributed by atoms with E-state index in [1.54, 1.807) is 17.0 Å². The Hall–Kier alpha value is -1.86. The lowest BCUT2D eigenvalue weighted by atomic mass is 10.1. The molecule has 1 N–H and O–H groups in total. The molecule has 0 saturated carbocycles. The molecule has 1 aliphatic heterocycles. The van der Waals surface area contributed by atoms with Crippen molar-refractivity contribution in [2.45, 2.75) is 13.3 Å². The largest absolute Gasteiger partial charge is 0.316 e. The van der Waals surface area contributed by atoms with Crippen LogP contribution in [0, 0.1) is 17.2 Å². The summed E-state index contributed by atoms with van der Waals surface area (Å²) in [5, 5.41) is 12.2. The lowest BCUT2D eigenvalue weighted by molar-refractivity contribution is -0.118. The molecule has 1 amide bonds. The number of hydrogen-bond acceptors (Lipinski definition) is 3. The van der Waals surface area contributed by atoms with Crippen LogP contribution in [-0.2, 0) is 4.79 Å². The van der Waals surface area contributed by atoms with Crippen molar-refractivity contribution in [2.24, 2.45) is 5.92 Å². The highest BCUT2D eigenvalue weighted by atomic mass is 16.2. The molecule has 4 heteroatoms. The molecule has 0 aliphatic carbocycles. The molecular formula is C14H17N3O. The first-order valence-corrected chi connectivity index (χ1v) is 6.22. The fourth-order valence-electron chi connectivity index (χ4n) is 2.15. The van der Waals surface area contributed by atoms with Gasteiger partial charge in [-0.15, -0.1) is 0 Å². The number of carbonyl (C=O) groups excluding carboxylic acids is 1. The zero-order valence-corrected chi connectivity index (χ0v) is 10.5. The van der Waals surface area contributed by atoms with E-state index in [1.165, 1.54) is 0 Å². The molecule has 4 nitrogen and oxygen atoms in total. The standard InChI is InChI=1S/C14H17N3O/c1-11-9-16-6-5-14(18)17(10-11)13-4-2-3-12(7-13)8-15/h2-4,7,11,16H,5-6,9-10H2,1H3. The zero-order valence-electron chi connectivity index (χ0n) is 10.5. The maximum Gasteiger partial charge on any atom is 0.228 e. The van der Waals surface area contributed by atoms with Crippen molar-refractivity contribution in [3.05, 3.63) is 29.8 Å². The van der Waals surface area contributed by atoms with Crippen molar-refractivity contribution >= 4 is 11.6 Å². The molecule has 18 heavy (non-hydrogen) atoms. The molecule has 0 aromatic heterocycles. The van der Waals surface area contributed by atoms with Crippen molar-refractivity contribution in [2.75, 3.05) is 24.5 Å². The summed E-state index contributed by atoms with van der Waals surface area (Å²) in [5.41, 5.74) is 1.42. The summed E-state index contributed by atoms with van der Waals surface area (Å²) in [6.45, 7) is 4.45. The Kier molecular flexibility index (Phi) is 3.96. The van der Waals surface area contributed by atoms with Crippen molar-refractivity contribution in [3.8, 4) is 6.07 Å². The average molecular weight is 243 g/mol. The van der Waals surface area contributed by atoms with Crippen molar-refractivity contribution in [1.82, 2.24) is 5.32 Å². The van der Waals surface area contributed by atoms with Gasteiger partial charge in [-0.1, -0.05) is 13.0 Å². The first kappa shape index (κ1) is 12.6. The van der Waals surface area contributed by atoms with Gasteiger partial charge in [-0.25, -0.2) is 0 Å². The third-order valence-electron chi connectivity index (χ3n) is 3.09. The number of carbonyl (C=O) groups is 1. The minimum Gasteiger partial charge on any atom is -0.316 e. The molecule has 0 radical (unpaired) electrons. The zero-order chi connectivity index (χ0) is 13.0. The van der Waals surface area contributed by atoms with Gasteiger partial charge in [-0.2, -0.15) is 5.26 Å². The number of nitriles is 1. The van der Waals surface area contributed by atoms with Crippen LogP contribution in [0.1, 0.15) is 18.9 Å². The van der Waals surface area contributed by atoms with E-state index in [1.807, 2.05) is 12.1 Å². The van der Waals surface area contributed by atoms with Crippen LogP contribution in [-0.4, -0.2) is 25.5 Å². The molecule has 1 aromatic rings.